The van der Waals surface area contributed by atoms with Gasteiger partial charge in [0.25, 0.3) is 0 Å². The van der Waals surface area contributed by atoms with E-state index in [2.05, 4.69) is 10.6 Å². The number of amides is 2. The minimum absolute atomic E-state index is 0.143. The minimum Gasteiger partial charge on any atom is -0.496 e. The molecule has 1 aliphatic rings. The number of para-hydroxylation sites is 1. The van der Waals surface area contributed by atoms with Gasteiger partial charge in [0.05, 0.1) is 12.7 Å². The molecule has 1 heterocycles. The van der Waals surface area contributed by atoms with Crippen LogP contribution in [0.3, 0.4) is 0 Å². The molecule has 5 heteroatoms. The number of methoxy groups -OCH3 is 1. The van der Waals surface area contributed by atoms with Crippen LogP contribution in [0.2, 0.25) is 0 Å². The summed E-state index contributed by atoms with van der Waals surface area (Å²) in [7, 11) is 1.51. The summed E-state index contributed by atoms with van der Waals surface area (Å²) in [6, 6.07) is 6.14. The molecule has 2 amide bonds. The van der Waals surface area contributed by atoms with Crippen LogP contribution in [0.1, 0.15) is 10.4 Å². The van der Waals surface area contributed by atoms with Crippen LogP contribution in [0.4, 0.5) is 4.79 Å². The van der Waals surface area contributed by atoms with Gasteiger partial charge >= 0.3 is 6.03 Å². The normalized spacial score (nSPS) is 18.8. The number of rotatable bonds is 3. The summed E-state index contributed by atoms with van der Waals surface area (Å²) in [5.41, 5.74) is 0.485. The number of carbonyl (C=O) groups excluding carboxylic acids is 2. The van der Waals surface area contributed by atoms with Crippen molar-refractivity contribution in [2.24, 2.45) is 0 Å². The lowest BCUT2D eigenvalue weighted by molar-refractivity contribution is 0.0955. The van der Waals surface area contributed by atoms with E-state index in [-0.39, 0.29) is 11.8 Å². The van der Waals surface area contributed by atoms with Crippen LogP contribution in [0.25, 0.3) is 0 Å². The molecule has 84 valence electrons. The van der Waals surface area contributed by atoms with Gasteiger partial charge in [0, 0.05) is 6.54 Å². The van der Waals surface area contributed by atoms with Crippen molar-refractivity contribution in [1.82, 2.24) is 10.6 Å². The Hall–Kier alpha value is -2.04. The van der Waals surface area contributed by atoms with Crippen LogP contribution in [-0.2, 0) is 0 Å². The summed E-state index contributed by atoms with van der Waals surface area (Å²) >= 11 is 0. The van der Waals surface area contributed by atoms with E-state index in [9.17, 15) is 9.59 Å². The number of ketones is 1. The van der Waals surface area contributed by atoms with Gasteiger partial charge in [-0.1, -0.05) is 12.1 Å². The first-order chi connectivity index (χ1) is 7.72. The van der Waals surface area contributed by atoms with Crippen LogP contribution in [-0.4, -0.2) is 31.5 Å². The summed E-state index contributed by atoms with van der Waals surface area (Å²) < 4.78 is 5.10. The van der Waals surface area contributed by atoms with Gasteiger partial charge in [-0.05, 0) is 12.1 Å². The highest BCUT2D eigenvalue weighted by atomic mass is 16.5. The molecule has 1 saturated heterocycles. The summed E-state index contributed by atoms with van der Waals surface area (Å²) in [6.45, 7) is 0.315. The average Bonchev–Trinajstić information content (AvgIpc) is 2.75. The van der Waals surface area contributed by atoms with Crippen molar-refractivity contribution >= 4 is 11.8 Å². The van der Waals surface area contributed by atoms with Crippen LogP contribution < -0.4 is 15.4 Å². The highest BCUT2D eigenvalue weighted by Gasteiger charge is 2.28. The second-order valence-corrected chi connectivity index (χ2v) is 3.47. The lowest BCUT2D eigenvalue weighted by Gasteiger charge is -2.10. The molecular weight excluding hydrogens is 208 g/mol. The lowest BCUT2D eigenvalue weighted by atomic mass is 10.0. The van der Waals surface area contributed by atoms with E-state index < -0.39 is 6.04 Å². The first kappa shape index (κ1) is 10.5. The zero-order chi connectivity index (χ0) is 11.5. The largest absolute Gasteiger partial charge is 0.496 e. The Labute approximate surface area is 92.8 Å². The Balaban J connectivity index is 2.23. The predicted octanol–water partition coefficient (Wildman–Crippen LogP) is 0.559. The third kappa shape index (κ3) is 1.84. The van der Waals surface area contributed by atoms with Gasteiger partial charge in [-0.15, -0.1) is 0 Å². The zero-order valence-electron chi connectivity index (χ0n) is 8.82. The minimum atomic E-state index is -0.510. The third-order valence-corrected chi connectivity index (χ3v) is 2.46. The van der Waals surface area contributed by atoms with Gasteiger partial charge in [0.1, 0.15) is 11.8 Å². The van der Waals surface area contributed by atoms with Gasteiger partial charge < -0.3 is 15.4 Å². The van der Waals surface area contributed by atoms with Gasteiger partial charge in [-0.3, -0.25) is 4.79 Å². The van der Waals surface area contributed by atoms with Gasteiger partial charge in [-0.25, -0.2) is 4.79 Å². The number of Topliss-reactive ketones (excluding diaryl/α,β-unsaturated/α-hetero) is 1. The molecule has 2 rings (SSSR count). The van der Waals surface area contributed by atoms with E-state index in [1.807, 2.05) is 0 Å². The summed E-state index contributed by atoms with van der Waals surface area (Å²) in [5, 5.41) is 5.09. The van der Waals surface area contributed by atoms with Crippen LogP contribution in [0, 0.1) is 0 Å². The highest BCUT2D eigenvalue weighted by Crippen LogP contribution is 2.19. The van der Waals surface area contributed by atoms with Crippen molar-refractivity contribution in [3.63, 3.8) is 0 Å². The molecule has 1 unspecified atom stereocenters. The fraction of sp³-hybridized carbons (Fsp3) is 0.273. The molecule has 0 bridgehead atoms. The maximum atomic E-state index is 12.0. The molecule has 0 aromatic heterocycles. The maximum Gasteiger partial charge on any atom is 0.315 e. The Kier molecular flexibility index (Phi) is 2.76. The number of carbonyl (C=O) groups is 2. The van der Waals surface area contributed by atoms with E-state index >= 15 is 0 Å². The highest BCUT2D eigenvalue weighted by molar-refractivity contribution is 6.05. The van der Waals surface area contributed by atoms with E-state index in [0.717, 1.165) is 0 Å². The quantitative estimate of drug-likeness (QED) is 0.731. The molecule has 0 spiro atoms. The van der Waals surface area contributed by atoms with Crippen molar-refractivity contribution in [3.05, 3.63) is 29.8 Å². The number of benzene rings is 1. The lowest BCUT2D eigenvalue weighted by Crippen LogP contribution is -2.34. The molecule has 0 saturated carbocycles. The standard InChI is InChI=1S/C11H12N2O3/c1-16-9-5-3-2-4-7(9)10(14)8-6-12-11(15)13-8/h2-5,8H,6H2,1H3,(H2,12,13,15). The number of ether oxygens (including phenoxy) is 1. The number of hydrogen-bond acceptors (Lipinski definition) is 3. The maximum absolute atomic E-state index is 12.0. The van der Waals surface area contributed by atoms with Gasteiger partial charge in [0.2, 0.25) is 0 Å². The summed E-state index contributed by atoms with van der Waals surface area (Å²) in [6.07, 6.45) is 0. The molecule has 1 fully saturated rings. The van der Waals surface area contributed by atoms with Gasteiger partial charge in [0.15, 0.2) is 5.78 Å². The molecule has 1 aliphatic heterocycles. The van der Waals surface area contributed by atoms with E-state index in [4.69, 9.17) is 4.74 Å². The summed E-state index contributed by atoms with van der Waals surface area (Å²) in [4.78, 5) is 23.0. The van der Waals surface area contributed by atoms with Crippen LogP contribution in [0.15, 0.2) is 24.3 Å². The SMILES string of the molecule is COc1ccccc1C(=O)C1CNC(=O)N1. The van der Waals surface area contributed by atoms with Crippen LogP contribution in [0.5, 0.6) is 5.75 Å². The number of urea groups is 1. The number of nitrogens with one attached hydrogen (secondary N) is 2. The van der Waals surface area contributed by atoms with Crippen molar-refractivity contribution in [1.29, 1.82) is 0 Å². The fourth-order valence-electron chi connectivity index (χ4n) is 1.65. The first-order valence-corrected chi connectivity index (χ1v) is 4.94. The third-order valence-electron chi connectivity index (χ3n) is 2.46. The summed E-state index contributed by atoms with van der Waals surface area (Å²) in [5.74, 6) is 0.379. The number of hydrogen-bond donors (Lipinski definition) is 2. The monoisotopic (exact) mass is 220 g/mol. The molecule has 1 atom stereocenters. The van der Waals surface area contributed by atoms with E-state index in [0.29, 0.717) is 17.9 Å². The molecule has 2 N–H and O–H groups in total. The van der Waals surface area contributed by atoms with Gasteiger partial charge in [-0.2, -0.15) is 0 Å². The molecule has 1 aromatic carbocycles. The average molecular weight is 220 g/mol. The molecule has 0 radical (unpaired) electrons. The first-order valence-electron chi connectivity index (χ1n) is 4.94. The van der Waals surface area contributed by atoms with Crippen molar-refractivity contribution < 1.29 is 14.3 Å². The topological polar surface area (TPSA) is 67.4 Å². The van der Waals surface area contributed by atoms with E-state index in [1.165, 1.54) is 7.11 Å². The molecule has 5 nitrogen and oxygen atoms in total. The Morgan fingerprint density at radius 1 is 1.44 bits per heavy atom. The zero-order valence-corrected chi connectivity index (χ0v) is 8.82. The van der Waals surface area contributed by atoms with Crippen molar-refractivity contribution in [2.45, 2.75) is 6.04 Å². The fourth-order valence-corrected chi connectivity index (χ4v) is 1.65. The Bertz CT molecular complexity index is 431. The molecule has 1 aromatic rings. The molecule has 16 heavy (non-hydrogen) atoms. The van der Waals surface area contributed by atoms with Crippen molar-refractivity contribution in [3.8, 4) is 5.75 Å². The second-order valence-electron chi connectivity index (χ2n) is 3.47. The van der Waals surface area contributed by atoms with Crippen LogP contribution >= 0.6 is 0 Å². The molecule has 0 aliphatic carbocycles. The Morgan fingerprint density at radius 3 is 2.81 bits per heavy atom. The molecular formula is C11H12N2O3. The second kappa shape index (κ2) is 4.22. The van der Waals surface area contributed by atoms with Crippen molar-refractivity contribution in [2.75, 3.05) is 13.7 Å². The smallest absolute Gasteiger partial charge is 0.315 e. The Morgan fingerprint density at radius 2 is 2.19 bits per heavy atom. The predicted molar refractivity (Wildman–Crippen MR) is 57.6 cm³/mol. The van der Waals surface area contributed by atoms with E-state index in [1.54, 1.807) is 24.3 Å².